The summed E-state index contributed by atoms with van der Waals surface area (Å²) in [7, 11) is -4.14. The van der Waals surface area contributed by atoms with Crippen LogP contribution in [0.5, 0.6) is 0 Å². The van der Waals surface area contributed by atoms with Crippen molar-refractivity contribution < 1.29 is 41.4 Å². The van der Waals surface area contributed by atoms with Crippen molar-refractivity contribution in [3.8, 4) is 0 Å². The molecule has 2 aliphatic rings. The van der Waals surface area contributed by atoms with E-state index in [1.807, 2.05) is 0 Å². The third-order valence-electron chi connectivity index (χ3n) is 8.40. The Morgan fingerprint density at radius 2 is 1.73 bits per heavy atom. The molecule has 0 bridgehead atoms. The van der Waals surface area contributed by atoms with Crippen LogP contribution in [-0.2, 0) is 14.6 Å². The van der Waals surface area contributed by atoms with E-state index in [1.165, 1.54) is 12.1 Å². The van der Waals surface area contributed by atoms with E-state index in [-0.39, 0.29) is 47.0 Å². The smallest absolute Gasteiger partial charge is 0.255 e. The minimum Gasteiger partial charge on any atom is -0.394 e. The van der Waals surface area contributed by atoms with Crippen LogP contribution in [-0.4, -0.2) is 53.4 Å². The molecule has 4 atom stereocenters. The van der Waals surface area contributed by atoms with Crippen LogP contribution in [0, 0.1) is 29.3 Å². The maximum atomic E-state index is 13.8. The molecule has 2 aromatic rings. The summed E-state index contributed by atoms with van der Waals surface area (Å²) in [5, 5.41) is 25.0. The number of anilines is 1. The molecule has 2 aromatic carbocycles. The van der Waals surface area contributed by atoms with Crippen LogP contribution in [0.25, 0.3) is 0 Å². The molecule has 4 rings (SSSR count). The minimum atomic E-state index is -4.14. The second-order valence-corrected chi connectivity index (χ2v) is 13.8. The number of benzene rings is 2. The summed E-state index contributed by atoms with van der Waals surface area (Å²) in [5.41, 5.74) is -2.65. The van der Waals surface area contributed by atoms with E-state index >= 15 is 0 Å². The maximum absolute atomic E-state index is 13.8. The van der Waals surface area contributed by atoms with E-state index in [9.17, 15) is 41.4 Å². The zero-order chi connectivity index (χ0) is 30.3. The van der Waals surface area contributed by atoms with Crippen molar-refractivity contribution in [2.75, 3.05) is 11.9 Å². The lowest BCUT2D eigenvalue weighted by atomic mass is 9.66. The molecule has 2 saturated carbocycles. The van der Waals surface area contributed by atoms with Crippen molar-refractivity contribution in [3.05, 3.63) is 58.4 Å². The highest BCUT2D eigenvalue weighted by Gasteiger charge is 2.52. The zero-order valence-electron chi connectivity index (χ0n) is 22.5. The van der Waals surface area contributed by atoms with E-state index in [0.717, 1.165) is 6.07 Å². The number of sulfone groups is 1. The average molecular weight is 617 g/mol. The first-order chi connectivity index (χ1) is 19.2. The first-order valence-electron chi connectivity index (χ1n) is 13.3. The van der Waals surface area contributed by atoms with Crippen LogP contribution in [0.15, 0.2) is 35.2 Å². The highest BCUT2D eigenvalue weighted by Crippen LogP contribution is 2.46. The summed E-state index contributed by atoms with van der Waals surface area (Å²) in [6.45, 7) is 3.28. The molecule has 0 heterocycles. The third kappa shape index (κ3) is 6.25. The van der Waals surface area contributed by atoms with Crippen molar-refractivity contribution in [3.63, 3.8) is 0 Å². The predicted molar refractivity (Wildman–Crippen MR) is 146 cm³/mol. The van der Waals surface area contributed by atoms with Gasteiger partial charge >= 0.3 is 0 Å². The van der Waals surface area contributed by atoms with E-state index < -0.39 is 67.3 Å². The summed E-state index contributed by atoms with van der Waals surface area (Å²) < 4.78 is 68.0. The largest absolute Gasteiger partial charge is 0.394 e. The van der Waals surface area contributed by atoms with Crippen LogP contribution in [0.2, 0.25) is 5.02 Å². The van der Waals surface area contributed by atoms with Gasteiger partial charge in [0.25, 0.3) is 5.91 Å². The van der Waals surface area contributed by atoms with Crippen LogP contribution in [0.3, 0.4) is 0 Å². The molecule has 1 unspecified atom stereocenters. The fourth-order valence-electron chi connectivity index (χ4n) is 5.65. The number of aliphatic hydroxyl groups is 2. The van der Waals surface area contributed by atoms with E-state index in [1.54, 1.807) is 13.8 Å². The van der Waals surface area contributed by atoms with Crippen LogP contribution in [0.4, 0.5) is 18.9 Å². The number of halogens is 4. The summed E-state index contributed by atoms with van der Waals surface area (Å²) in [6.07, 6.45) is 1.52. The molecule has 8 nitrogen and oxygen atoms in total. The predicted octanol–water partition coefficient (Wildman–Crippen LogP) is 4.37. The number of nitrogens with one attached hydrogen (secondary N) is 2. The second-order valence-electron chi connectivity index (χ2n) is 11.2. The van der Waals surface area contributed by atoms with Crippen molar-refractivity contribution in [2.24, 2.45) is 11.8 Å². The normalized spacial score (nSPS) is 25.4. The lowest BCUT2D eigenvalue weighted by molar-refractivity contribution is -0.139. The van der Waals surface area contributed by atoms with Gasteiger partial charge < -0.3 is 20.8 Å². The molecule has 0 aromatic heterocycles. The summed E-state index contributed by atoms with van der Waals surface area (Å²) in [4.78, 5) is 25.2. The monoisotopic (exact) mass is 616 g/mol. The minimum absolute atomic E-state index is 0.0225. The Kier molecular flexibility index (Phi) is 8.80. The topological polar surface area (TPSA) is 133 Å². The molecular formula is C28H32ClF3N2O6S. The van der Waals surface area contributed by atoms with Gasteiger partial charge in [-0.1, -0.05) is 31.9 Å². The Hall–Kier alpha value is -2.67. The van der Waals surface area contributed by atoms with E-state index in [2.05, 4.69) is 10.6 Å². The molecular weight excluding hydrogens is 585 g/mol. The molecule has 0 spiro atoms. The van der Waals surface area contributed by atoms with Gasteiger partial charge in [-0.15, -0.1) is 0 Å². The molecule has 41 heavy (non-hydrogen) atoms. The van der Waals surface area contributed by atoms with Crippen molar-refractivity contribution in [1.29, 1.82) is 0 Å². The van der Waals surface area contributed by atoms with Gasteiger partial charge in [0.05, 0.1) is 39.3 Å². The quantitative estimate of drug-likeness (QED) is 0.309. The SMILES string of the molecule is CCC1C[C@@H](S(=O)(=O)c2cc(C(=O)Nc3cc(F)c(F)c(F)c3)ccc2Cl)C[C@H](C)[C@@]1(O)CC(=O)NC1(CO)CC1. The van der Waals surface area contributed by atoms with Crippen molar-refractivity contribution in [2.45, 2.75) is 73.7 Å². The Bertz CT molecular complexity index is 1450. The van der Waals surface area contributed by atoms with Crippen LogP contribution < -0.4 is 10.6 Å². The standard InChI is InChI=1S/C28H32ClF3N2O6S/c1-3-17-10-19(8-15(2)28(17,38)13-24(36)34-27(14-35)6-7-27)41(39,40)23-9-16(4-5-20(23)29)26(37)33-18-11-21(30)25(32)22(31)12-18/h4-5,9,11-12,15,17,19,35,38H,3,6-8,10,13-14H2,1-2H3,(H,33,37)(H,34,36)/t15-,17?,19-,28-/m0/s1. The fourth-order valence-corrected chi connectivity index (χ4v) is 8.11. The molecule has 0 saturated heterocycles. The number of hydrogen-bond acceptors (Lipinski definition) is 6. The van der Waals surface area contributed by atoms with Gasteiger partial charge in [0.2, 0.25) is 5.91 Å². The van der Waals surface area contributed by atoms with E-state index in [4.69, 9.17) is 11.6 Å². The summed E-state index contributed by atoms with van der Waals surface area (Å²) in [5.74, 6) is -7.15. The molecule has 2 amide bonds. The van der Waals surface area contributed by atoms with Crippen molar-refractivity contribution >= 4 is 38.9 Å². The first-order valence-corrected chi connectivity index (χ1v) is 15.2. The number of amides is 2. The zero-order valence-corrected chi connectivity index (χ0v) is 24.1. The van der Waals surface area contributed by atoms with Crippen molar-refractivity contribution in [1.82, 2.24) is 5.32 Å². The van der Waals surface area contributed by atoms with Gasteiger partial charge in [-0.25, -0.2) is 21.6 Å². The van der Waals surface area contributed by atoms with Gasteiger partial charge in [0.15, 0.2) is 27.3 Å². The second kappa shape index (κ2) is 11.5. The molecule has 13 heteroatoms. The van der Waals surface area contributed by atoms with Crippen LogP contribution in [0.1, 0.15) is 62.7 Å². The van der Waals surface area contributed by atoms with Crippen LogP contribution >= 0.6 is 11.6 Å². The summed E-state index contributed by atoms with van der Waals surface area (Å²) >= 11 is 6.26. The Balaban J connectivity index is 1.54. The number of rotatable bonds is 9. The molecule has 0 radical (unpaired) electrons. The van der Waals surface area contributed by atoms with Gasteiger partial charge in [0.1, 0.15) is 0 Å². The van der Waals surface area contributed by atoms with Gasteiger partial charge in [-0.05, 0) is 55.7 Å². The number of carbonyl (C=O) groups excluding carboxylic acids is 2. The highest BCUT2D eigenvalue weighted by molar-refractivity contribution is 7.92. The Morgan fingerprint density at radius 1 is 1.10 bits per heavy atom. The van der Waals surface area contributed by atoms with Gasteiger partial charge in [-0.2, -0.15) is 0 Å². The molecule has 2 aliphatic carbocycles. The van der Waals surface area contributed by atoms with Gasteiger partial charge in [-0.3, -0.25) is 9.59 Å². The lowest BCUT2D eigenvalue weighted by Gasteiger charge is -2.47. The molecule has 2 fully saturated rings. The summed E-state index contributed by atoms with van der Waals surface area (Å²) in [6, 6.07) is 4.70. The molecule has 224 valence electrons. The highest BCUT2D eigenvalue weighted by atomic mass is 35.5. The Labute approximate surface area is 241 Å². The third-order valence-corrected chi connectivity index (χ3v) is 11.1. The number of carbonyl (C=O) groups is 2. The number of aliphatic hydroxyl groups excluding tert-OH is 1. The average Bonchev–Trinajstić information content (AvgIpc) is 3.68. The molecule has 0 aliphatic heterocycles. The first kappa shape index (κ1) is 31.3. The molecule has 4 N–H and O–H groups in total. The van der Waals surface area contributed by atoms with E-state index in [0.29, 0.717) is 31.4 Å². The lowest BCUT2D eigenvalue weighted by Crippen LogP contribution is -2.55. The fraction of sp³-hybridized carbons (Fsp3) is 0.500. The van der Waals surface area contributed by atoms with Gasteiger partial charge in [0, 0.05) is 23.4 Å². The Morgan fingerprint density at radius 3 is 2.29 bits per heavy atom. The number of hydrogen-bond donors (Lipinski definition) is 4. The maximum Gasteiger partial charge on any atom is 0.255 e.